The molecule has 1 heterocycles. The molecule has 1 aliphatic carbocycles. The first kappa shape index (κ1) is 11.7. The number of benzene rings is 2. The minimum absolute atomic E-state index is 0.243. The van der Waals surface area contributed by atoms with E-state index in [4.69, 9.17) is 0 Å². The predicted molar refractivity (Wildman–Crippen MR) is 76.0 cm³/mol. The molecule has 20 heavy (non-hydrogen) atoms. The van der Waals surface area contributed by atoms with E-state index in [9.17, 15) is 9.50 Å². The molecule has 1 aromatic heterocycles. The maximum absolute atomic E-state index is 13.3. The van der Waals surface area contributed by atoms with Gasteiger partial charge in [0.25, 0.3) is 0 Å². The Bertz CT molecular complexity index is 808. The fraction of sp³-hybridized carbons (Fsp3) is 0.176. The number of aromatic amines is 1. The minimum atomic E-state index is -1.02. The molecule has 3 heteroatoms. The zero-order valence-corrected chi connectivity index (χ0v) is 10.9. The fourth-order valence-corrected chi connectivity index (χ4v) is 3.35. The van der Waals surface area contributed by atoms with Gasteiger partial charge in [-0.1, -0.05) is 18.2 Å². The van der Waals surface area contributed by atoms with Gasteiger partial charge in [-0.05, 0) is 53.8 Å². The summed E-state index contributed by atoms with van der Waals surface area (Å²) in [4.78, 5) is 3.16. The van der Waals surface area contributed by atoms with Crippen molar-refractivity contribution in [1.29, 1.82) is 0 Å². The van der Waals surface area contributed by atoms with Gasteiger partial charge in [0.05, 0.1) is 0 Å². The molecule has 1 aliphatic rings. The summed E-state index contributed by atoms with van der Waals surface area (Å²) in [6, 6.07) is 12.5. The summed E-state index contributed by atoms with van der Waals surface area (Å²) in [5.74, 6) is -0.243. The van der Waals surface area contributed by atoms with Gasteiger partial charge in [0, 0.05) is 17.1 Å². The summed E-state index contributed by atoms with van der Waals surface area (Å²) in [5, 5.41) is 12.2. The second kappa shape index (κ2) is 3.93. The van der Waals surface area contributed by atoms with Crippen molar-refractivity contribution >= 4 is 10.9 Å². The lowest BCUT2D eigenvalue weighted by atomic mass is 9.86. The molecule has 2 nitrogen and oxygen atoms in total. The molecule has 0 amide bonds. The molecule has 0 aliphatic heterocycles. The van der Waals surface area contributed by atoms with Gasteiger partial charge in [0.1, 0.15) is 11.4 Å². The smallest absolute Gasteiger partial charge is 0.123 e. The summed E-state index contributed by atoms with van der Waals surface area (Å²) >= 11 is 0. The molecule has 0 bridgehead atoms. The minimum Gasteiger partial charge on any atom is -0.380 e. The zero-order chi connectivity index (χ0) is 13.7. The van der Waals surface area contributed by atoms with Crippen LogP contribution in [0.4, 0.5) is 4.39 Å². The highest BCUT2D eigenvalue weighted by atomic mass is 19.1. The van der Waals surface area contributed by atoms with E-state index in [0.29, 0.717) is 12.8 Å². The quantitative estimate of drug-likeness (QED) is 0.695. The highest BCUT2D eigenvalue weighted by Crippen LogP contribution is 2.44. The Hall–Kier alpha value is -2.13. The molecule has 1 unspecified atom stereocenters. The van der Waals surface area contributed by atoms with Crippen LogP contribution in [0.5, 0.6) is 0 Å². The van der Waals surface area contributed by atoms with Crippen molar-refractivity contribution in [2.45, 2.75) is 18.4 Å². The number of aliphatic hydroxyl groups is 1. The van der Waals surface area contributed by atoms with Gasteiger partial charge in [-0.25, -0.2) is 4.39 Å². The number of nitrogens with one attached hydrogen (secondary N) is 1. The lowest BCUT2D eigenvalue weighted by Gasteiger charge is -2.25. The standard InChI is InChI=1S/C17H14FNO/c18-12-4-5-14-11(10-12)6-8-17(14,20)15-2-1-3-16-13(15)7-9-19-16/h1-5,7,9-10,19-20H,6,8H2. The molecule has 4 rings (SSSR count). The Morgan fingerprint density at radius 3 is 2.90 bits per heavy atom. The topological polar surface area (TPSA) is 36.0 Å². The van der Waals surface area contributed by atoms with Crippen LogP contribution in [0.15, 0.2) is 48.7 Å². The molecule has 2 N–H and O–H groups in total. The summed E-state index contributed by atoms with van der Waals surface area (Å²) < 4.78 is 13.3. The first-order chi connectivity index (χ1) is 9.68. The lowest BCUT2D eigenvalue weighted by molar-refractivity contribution is 0.0845. The predicted octanol–water partition coefficient (Wildman–Crippen LogP) is 3.49. The molecule has 100 valence electrons. The normalized spacial score (nSPS) is 21.3. The van der Waals surface area contributed by atoms with Crippen LogP contribution in [0.1, 0.15) is 23.1 Å². The Kier molecular flexibility index (Phi) is 2.30. The maximum atomic E-state index is 13.3. The average Bonchev–Trinajstić information content (AvgIpc) is 3.04. The van der Waals surface area contributed by atoms with Crippen molar-refractivity contribution in [3.05, 3.63) is 71.2 Å². The third-order valence-electron chi connectivity index (χ3n) is 4.31. The van der Waals surface area contributed by atoms with Crippen LogP contribution in [-0.4, -0.2) is 10.1 Å². The van der Waals surface area contributed by atoms with Crippen molar-refractivity contribution < 1.29 is 9.50 Å². The molecular formula is C17H14FNO. The largest absolute Gasteiger partial charge is 0.380 e. The van der Waals surface area contributed by atoms with E-state index in [0.717, 1.165) is 27.6 Å². The Balaban J connectivity index is 1.97. The summed E-state index contributed by atoms with van der Waals surface area (Å²) in [7, 11) is 0. The Labute approximate surface area is 115 Å². The lowest BCUT2D eigenvalue weighted by Crippen LogP contribution is -2.24. The van der Waals surface area contributed by atoms with Gasteiger partial charge < -0.3 is 10.1 Å². The van der Waals surface area contributed by atoms with E-state index < -0.39 is 5.60 Å². The summed E-state index contributed by atoms with van der Waals surface area (Å²) in [6.07, 6.45) is 3.17. The van der Waals surface area contributed by atoms with Gasteiger partial charge in [-0.15, -0.1) is 0 Å². The van der Waals surface area contributed by atoms with Crippen LogP contribution in [0.25, 0.3) is 10.9 Å². The number of halogens is 1. The molecule has 0 fully saturated rings. The zero-order valence-electron chi connectivity index (χ0n) is 10.9. The first-order valence-electron chi connectivity index (χ1n) is 6.76. The summed E-state index contributed by atoms with van der Waals surface area (Å²) in [5.41, 5.74) is 2.60. The number of aryl methyl sites for hydroxylation is 1. The molecule has 0 saturated heterocycles. The van der Waals surface area contributed by atoms with Crippen LogP contribution in [0.3, 0.4) is 0 Å². The van der Waals surface area contributed by atoms with E-state index in [2.05, 4.69) is 4.98 Å². The molecule has 0 radical (unpaired) electrons. The van der Waals surface area contributed by atoms with E-state index in [1.54, 1.807) is 6.07 Å². The van der Waals surface area contributed by atoms with Gasteiger partial charge in [0.2, 0.25) is 0 Å². The number of hydrogen-bond donors (Lipinski definition) is 2. The van der Waals surface area contributed by atoms with Crippen molar-refractivity contribution in [3.8, 4) is 0 Å². The number of fused-ring (bicyclic) bond motifs is 2. The second-order valence-corrected chi connectivity index (χ2v) is 5.41. The van der Waals surface area contributed by atoms with E-state index in [1.165, 1.54) is 12.1 Å². The van der Waals surface area contributed by atoms with Crippen molar-refractivity contribution in [1.82, 2.24) is 4.98 Å². The van der Waals surface area contributed by atoms with Crippen LogP contribution in [-0.2, 0) is 12.0 Å². The van der Waals surface area contributed by atoms with Crippen LogP contribution in [0.2, 0.25) is 0 Å². The maximum Gasteiger partial charge on any atom is 0.123 e. The van der Waals surface area contributed by atoms with Crippen LogP contribution < -0.4 is 0 Å². The molecule has 1 atom stereocenters. The third kappa shape index (κ3) is 1.47. The third-order valence-corrected chi connectivity index (χ3v) is 4.31. The van der Waals surface area contributed by atoms with E-state index >= 15 is 0 Å². The molecular weight excluding hydrogens is 253 g/mol. The van der Waals surface area contributed by atoms with Gasteiger partial charge >= 0.3 is 0 Å². The molecule has 2 aromatic carbocycles. The van der Waals surface area contributed by atoms with Crippen molar-refractivity contribution in [3.63, 3.8) is 0 Å². The fourth-order valence-electron chi connectivity index (χ4n) is 3.35. The van der Waals surface area contributed by atoms with Gasteiger partial charge in [-0.2, -0.15) is 0 Å². The number of H-pyrrole nitrogens is 1. The molecule has 3 aromatic rings. The highest BCUT2D eigenvalue weighted by Gasteiger charge is 2.39. The Morgan fingerprint density at radius 2 is 2.00 bits per heavy atom. The Morgan fingerprint density at radius 1 is 1.10 bits per heavy atom. The monoisotopic (exact) mass is 267 g/mol. The van der Waals surface area contributed by atoms with Crippen LogP contribution >= 0.6 is 0 Å². The molecule has 0 saturated carbocycles. The molecule has 0 spiro atoms. The summed E-state index contributed by atoms with van der Waals surface area (Å²) in [6.45, 7) is 0. The van der Waals surface area contributed by atoms with Gasteiger partial charge in [0.15, 0.2) is 0 Å². The average molecular weight is 267 g/mol. The van der Waals surface area contributed by atoms with E-state index in [1.807, 2.05) is 30.5 Å². The van der Waals surface area contributed by atoms with Crippen LogP contribution in [0, 0.1) is 5.82 Å². The SMILES string of the molecule is OC1(c2cccc3[nH]ccc23)CCc2cc(F)ccc21. The second-order valence-electron chi connectivity index (χ2n) is 5.41. The number of aromatic nitrogens is 1. The number of hydrogen-bond acceptors (Lipinski definition) is 1. The highest BCUT2D eigenvalue weighted by molar-refractivity contribution is 5.84. The van der Waals surface area contributed by atoms with Gasteiger partial charge in [-0.3, -0.25) is 0 Å². The van der Waals surface area contributed by atoms with Crippen molar-refractivity contribution in [2.24, 2.45) is 0 Å². The van der Waals surface area contributed by atoms with Crippen molar-refractivity contribution in [2.75, 3.05) is 0 Å². The van der Waals surface area contributed by atoms with E-state index in [-0.39, 0.29) is 5.82 Å². The first-order valence-corrected chi connectivity index (χ1v) is 6.76. The number of rotatable bonds is 1.